The number of nitriles is 1. The quantitative estimate of drug-likeness (QED) is 0.559. The van der Waals surface area contributed by atoms with E-state index < -0.39 is 0 Å². The van der Waals surface area contributed by atoms with Crippen LogP contribution in [0, 0.1) is 17.9 Å². The summed E-state index contributed by atoms with van der Waals surface area (Å²) in [6.07, 6.45) is 3.96. The van der Waals surface area contributed by atoms with Gasteiger partial charge >= 0.3 is 0 Å². The second-order valence-electron chi connectivity index (χ2n) is 3.77. The molecule has 2 aromatic rings. The molecule has 2 aromatic carbocycles. The fraction of sp³-hybridized carbons (Fsp3) is 0. The van der Waals surface area contributed by atoms with E-state index in [4.69, 9.17) is 11.8 Å². The average molecular weight is 230 g/mol. The third-order valence-corrected chi connectivity index (χ3v) is 2.53. The molecule has 18 heavy (non-hydrogen) atoms. The van der Waals surface area contributed by atoms with Crippen LogP contribution in [0.2, 0.25) is 0 Å². The molecule has 0 unspecified atom stereocenters. The number of hydrogen-bond acceptors (Lipinski definition) is 1. The minimum atomic E-state index is 0.644. The van der Waals surface area contributed by atoms with Gasteiger partial charge in [-0.1, -0.05) is 48.6 Å². The van der Waals surface area contributed by atoms with Crippen molar-refractivity contribution in [1.29, 1.82) is 5.26 Å². The van der Waals surface area contributed by atoms with Crippen molar-refractivity contribution in [2.45, 2.75) is 0 Å². The summed E-state index contributed by atoms with van der Waals surface area (Å²) in [7, 11) is 0. The highest BCUT2D eigenvalue weighted by Crippen LogP contribution is 2.15. The minimum Gasteiger partial charge on any atom is -0.238 e. The van der Waals surface area contributed by atoms with Gasteiger partial charge in [-0.25, -0.2) is 4.85 Å². The second-order valence-corrected chi connectivity index (χ2v) is 3.77. The van der Waals surface area contributed by atoms with Crippen LogP contribution < -0.4 is 0 Å². The van der Waals surface area contributed by atoms with Crippen molar-refractivity contribution < 1.29 is 0 Å². The molecule has 0 spiro atoms. The van der Waals surface area contributed by atoms with E-state index in [0.29, 0.717) is 11.3 Å². The van der Waals surface area contributed by atoms with Gasteiger partial charge in [0.05, 0.1) is 18.2 Å². The van der Waals surface area contributed by atoms with Gasteiger partial charge in [0.1, 0.15) is 0 Å². The molecule has 84 valence electrons. The molecule has 0 N–H and O–H groups in total. The normalized spacial score (nSPS) is 9.89. The van der Waals surface area contributed by atoms with E-state index in [1.54, 1.807) is 24.3 Å². The third-order valence-electron chi connectivity index (χ3n) is 2.53. The van der Waals surface area contributed by atoms with E-state index in [2.05, 4.69) is 10.9 Å². The Morgan fingerprint density at radius 3 is 1.83 bits per heavy atom. The molecule has 0 aliphatic rings. The molecule has 0 atom stereocenters. The monoisotopic (exact) mass is 230 g/mol. The smallest absolute Gasteiger partial charge is 0.187 e. The lowest BCUT2D eigenvalue weighted by Crippen LogP contribution is -1.75. The summed E-state index contributed by atoms with van der Waals surface area (Å²) < 4.78 is 0. The molecule has 0 saturated heterocycles. The summed E-state index contributed by atoms with van der Waals surface area (Å²) in [4.78, 5) is 3.34. The summed E-state index contributed by atoms with van der Waals surface area (Å²) in [5.41, 5.74) is 3.40. The highest BCUT2D eigenvalue weighted by atomic mass is 14.6. The first-order valence-electron chi connectivity index (χ1n) is 5.47. The predicted octanol–water partition coefficient (Wildman–Crippen LogP) is 4.28. The Morgan fingerprint density at radius 2 is 1.39 bits per heavy atom. The number of benzene rings is 2. The van der Waals surface area contributed by atoms with E-state index >= 15 is 0 Å². The Balaban J connectivity index is 2.14. The van der Waals surface area contributed by atoms with Crippen LogP contribution in [0.15, 0.2) is 48.5 Å². The van der Waals surface area contributed by atoms with Crippen molar-refractivity contribution in [3.8, 4) is 6.07 Å². The van der Waals surface area contributed by atoms with Crippen molar-refractivity contribution in [1.82, 2.24) is 0 Å². The van der Waals surface area contributed by atoms with Crippen LogP contribution in [0.3, 0.4) is 0 Å². The van der Waals surface area contributed by atoms with E-state index in [-0.39, 0.29) is 0 Å². The van der Waals surface area contributed by atoms with Gasteiger partial charge in [-0.05, 0) is 23.3 Å². The Bertz CT molecular complexity index is 576. The third kappa shape index (κ3) is 2.84. The van der Waals surface area contributed by atoms with Crippen molar-refractivity contribution in [3.63, 3.8) is 0 Å². The van der Waals surface area contributed by atoms with Crippen LogP contribution in [0.5, 0.6) is 0 Å². The maximum Gasteiger partial charge on any atom is 0.187 e. The lowest BCUT2D eigenvalue weighted by Gasteiger charge is -1.95. The molecule has 0 bridgehead atoms. The van der Waals surface area contributed by atoms with E-state index in [0.717, 1.165) is 11.1 Å². The van der Waals surface area contributed by atoms with Gasteiger partial charge in [0.2, 0.25) is 0 Å². The summed E-state index contributed by atoms with van der Waals surface area (Å²) in [6.45, 7) is 6.87. The van der Waals surface area contributed by atoms with Gasteiger partial charge in [0.25, 0.3) is 0 Å². The Kier molecular flexibility index (Phi) is 3.54. The molecule has 2 heteroatoms. The molecule has 0 aliphatic heterocycles. The summed E-state index contributed by atoms with van der Waals surface area (Å²) in [5.74, 6) is 0. The topological polar surface area (TPSA) is 28.1 Å². The average Bonchev–Trinajstić information content (AvgIpc) is 2.46. The second kappa shape index (κ2) is 5.48. The number of hydrogen-bond donors (Lipinski definition) is 0. The molecule has 0 amide bonds. The standard InChI is InChI=1S/C16H10N2/c1-18-16-10-8-14(9-11-16)3-2-13-4-6-15(12-17)7-5-13/h2-11H. The summed E-state index contributed by atoms with van der Waals surface area (Å²) >= 11 is 0. The molecule has 0 heterocycles. The van der Waals surface area contributed by atoms with Crippen molar-refractivity contribution in [2.75, 3.05) is 0 Å². The van der Waals surface area contributed by atoms with Crippen LogP contribution in [0.25, 0.3) is 17.0 Å². The van der Waals surface area contributed by atoms with Gasteiger partial charge < -0.3 is 0 Å². The zero-order chi connectivity index (χ0) is 12.8. The van der Waals surface area contributed by atoms with Gasteiger partial charge in [-0.2, -0.15) is 5.26 Å². The molecule has 2 rings (SSSR count). The summed E-state index contributed by atoms with van der Waals surface area (Å²) in [5, 5.41) is 8.69. The number of nitrogens with zero attached hydrogens (tertiary/aromatic N) is 2. The van der Waals surface area contributed by atoms with Crippen LogP contribution in [0.4, 0.5) is 5.69 Å². The van der Waals surface area contributed by atoms with Crippen LogP contribution in [0.1, 0.15) is 16.7 Å². The molecule has 0 saturated carbocycles. The van der Waals surface area contributed by atoms with Gasteiger partial charge in [0, 0.05) is 0 Å². The molecule has 0 radical (unpaired) electrons. The fourth-order valence-electron chi connectivity index (χ4n) is 1.52. The maximum atomic E-state index is 8.69. The van der Waals surface area contributed by atoms with Crippen molar-refractivity contribution >= 4 is 17.8 Å². The molecular weight excluding hydrogens is 220 g/mol. The lowest BCUT2D eigenvalue weighted by atomic mass is 10.1. The highest BCUT2D eigenvalue weighted by molar-refractivity contribution is 5.70. The zero-order valence-corrected chi connectivity index (χ0v) is 9.67. The Labute approximate surface area is 106 Å². The van der Waals surface area contributed by atoms with Crippen molar-refractivity contribution in [3.05, 3.63) is 76.6 Å². The molecular formula is C16H10N2. The molecule has 2 nitrogen and oxygen atoms in total. The Hall–Kier alpha value is -2.84. The first-order valence-corrected chi connectivity index (χ1v) is 5.47. The van der Waals surface area contributed by atoms with E-state index in [1.165, 1.54) is 0 Å². The van der Waals surface area contributed by atoms with Crippen LogP contribution in [-0.4, -0.2) is 0 Å². The van der Waals surface area contributed by atoms with Crippen molar-refractivity contribution in [2.24, 2.45) is 0 Å². The first-order chi connectivity index (χ1) is 8.81. The van der Waals surface area contributed by atoms with Gasteiger partial charge in [-0.15, -0.1) is 0 Å². The highest BCUT2D eigenvalue weighted by Gasteiger charge is 1.91. The van der Waals surface area contributed by atoms with E-state index in [1.807, 2.05) is 36.4 Å². The van der Waals surface area contributed by atoms with Gasteiger partial charge in [0.15, 0.2) is 5.69 Å². The van der Waals surface area contributed by atoms with Crippen LogP contribution in [-0.2, 0) is 0 Å². The molecule has 0 fully saturated rings. The SMILES string of the molecule is [C-]#[N+]c1ccc(C=Cc2ccc(C#N)cc2)cc1. The zero-order valence-electron chi connectivity index (χ0n) is 9.67. The maximum absolute atomic E-state index is 8.69. The fourth-order valence-corrected chi connectivity index (χ4v) is 1.52. The Morgan fingerprint density at radius 1 is 0.889 bits per heavy atom. The summed E-state index contributed by atoms with van der Waals surface area (Å²) in [6, 6.07) is 16.9. The van der Waals surface area contributed by atoms with Crippen LogP contribution >= 0.6 is 0 Å². The lowest BCUT2D eigenvalue weighted by molar-refractivity contribution is 1.48. The molecule has 0 aromatic heterocycles. The minimum absolute atomic E-state index is 0.644. The largest absolute Gasteiger partial charge is 0.238 e. The molecule has 0 aliphatic carbocycles. The first kappa shape index (κ1) is 11.6. The van der Waals surface area contributed by atoms with Gasteiger partial charge in [-0.3, -0.25) is 0 Å². The predicted molar refractivity (Wildman–Crippen MR) is 72.8 cm³/mol. The number of rotatable bonds is 2. The van der Waals surface area contributed by atoms with E-state index in [9.17, 15) is 0 Å².